The molecule has 0 radical (unpaired) electrons. The maximum absolute atomic E-state index is 13.0. The highest BCUT2D eigenvalue weighted by Crippen LogP contribution is 2.48. The molecule has 28 nitrogen and oxygen atoms in total. The number of non-ortho nitro benzene ring substituents is 1. The molecule has 0 aliphatic heterocycles. The Bertz CT molecular complexity index is 4040. The first-order valence-corrected chi connectivity index (χ1v) is 25.6. The number of phenols is 2. The van der Waals surface area contributed by atoms with Crippen molar-refractivity contribution in [3.8, 4) is 11.5 Å². The van der Waals surface area contributed by atoms with Crippen LogP contribution in [0.15, 0.2) is 169 Å². The number of nitrogens with two attached hydrogens (primary N) is 1. The lowest BCUT2D eigenvalue weighted by molar-refractivity contribution is -0.385. The van der Waals surface area contributed by atoms with Crippen LogP contribution < -0.4 is 5.73 Å². The van der Waals surface area contributed by atoms with Gasteiger partial charge in [-0.25, -0.2) is 4.21 Å². The number of nitrogen functional groups attached to an aromatic ring is 1. The van der Waals surface area contributed by atoms with E-state index < -0.39 is 148 Å². The molecule has 7 aromatic rings. The minimum atomic E-state index is -5.53. The third-order valence-corrected chi connectivity index (χ3v) is 13.9. The first-order valence-electron chi connectivity index (χ1n) is 18.7. The molecule has 0 aliphatic carbocycles. The molecule has 0 spiro atoms. The molecule has 0 amide bonds. The van der Waals surface area contributed by atoms with Gasteiger partial charge in [0, 0.05) is 28.3 Å². The van der Waals surface area contributed by atoms with Crippen molar-refractivity contribution >= 4 is 130 Å². The van der Waals surface area contributed by atoms with Gasteiger partial charge >= 0.3 is 0 Å². The summed E-state index contributed by atoms with van der Waals surface area (Å²) in [6, 6.07) is 17.8. The molecular weight excluding hydrogens is 1040 g/mol. The maximum Gasteiger partial charge on any atom is 0.297 e. The van der Waals surface area contributed by atoms with Crippen LogP contribution in [0.1, 0.15) is 0 Å². The maximum atomic E-state index is 13.0. The summed E-state index contributed by atoms with van der Waals surface area (Å²) in [7, 11) is -20.7. The number of rotatable bonds is 14. The van der Waals surface area contributed by atoms with Gasteiger partial charge < -0.3 is 20.5 Å². The second kappa shape index (κ2) is 19.1. The summed E-state index contributed by atoms with van der Waals surface area (Å²) in [6.07, 6.45) is 0. The van der Waals surface area contributed by atoms with Crippen molar-refractivity contribution in [2.24, 2.45) is 40.9 Å². The van der Waals surface area contributed by atoms with Gasteiger partial charge in [-0.3, -0.25) is 28.3 Å². The number of phenolic OH excluding ortho intramolecular Hbond substituents is 2. The molecule has 1 atom stereocenters. The molecule has 7 aromatic carbocycles. The summed E-state index contributed by atoms with van der Waals surface area (Å²) in [6.45, 7) is 0. The van der Waals surface area contributed by atoms with Crippen LogP contribution in [0.5, 0.6) is 11.5 Å². The molecule has 1 unspecified atom stereocenters. The standard InChI is InChI=1S/C38H26N10O18S5/c39-34-29(17-31(69(58,59)60)24-10-12-27(37(50)33(24)34)44-43-26-11-8-21(48(51)52)15-30(26)67(53)54)46-45-28-13-9-23-25(38(28)71(64,65)66)16-32(70(61,62)63)35(36(23)49)47-41-19-6-4-18(5-7-19)40-42-20-2-1-3-22(14-20)68(55,56)57/h1-17,49-50H,39H2,(H,53,54)(H,55,56,57)(H,58,59,60)(H,61,62,63)(H,64,65,66). The Morgan fingerprint density at radius 1 is 0.521 bits per heavy atom. The molecule has 7 rings (SSSR count). The van der Waals surface area contributed by atoms with Gasteiger partial charge in [0.05, 0.1) is 38.0 Å². The summed E-state index contributed by atoms with van der Waals surface area (Å²) < 4.78 is 161. The Kier molecular flexibility index (Phi) is 13.7. The molecule has 0 saturated carbocycles. The quantitative estimate of drug-likeness (QED) is 0.0126. The van der Waals surface area contributed by atoms with Gasteiger partial charge in [0.25, 0.3) is 46.2 Å². The van der Waals surface area contributed by atoms with Gasteiger partial charge in [0.1, 0.15) is 48.0 Å². The van der Waals surface area contributed by atoms with Gasteiger partial charge in [-0.2, -0.15) is 49.0 Å². The monoisotopic (exact) mass is 1070 g/mol. The molecule has 366 valence electrons. The van der Waals surface area contributed by atoms with Crippen molar-refractivity contribution in [1.29, 1.82) is 0 Å². The summed E-state index contributed by atoms with van der Waals surface area (Å²) in [5.41, 5.74) is 2.02. The Labute approximate surface area is 399 Å². The van der Waals surface area contributed by atoms with Gasteiger partial charge in [-0.15, -0.1) is 25.6 Å². The van der Waals surface area contributed by atoms with Crippen LogP contribution in [-0.2, 0) is 51.6 Å². The molecule has 9 N–H and O–H groups in total. The number of aromatic hydroxyl groups is 2. The highest BCUT2D eigenvalue weighted by molar-refractivity contribution is 7.87. The second-order valence-corrected chi connectivity index (χ2v) is 20.6. The van der Waals surface area contributed by atoms with Gasteiger partial charge in [-0.05, 0) is 78.9 Å². The lowest BCUT2D eigenvalue weighted by Crippen LogP contribution is -2.03. The van der Waals surface area contributed by atoms with Crippen LogP contribution in [0, 0.1) is 10.1 Å². The van der Waals surface area contributed by atoms with Crippen LogP contribution in [0.3, 0.4) is 0 Å². The van der Waals surface area contributed by atoms with Gasteiger partial charge in [0.15, 0.2) is 22.6 Å². The van der Waals surface area contributed by atoms with E-state index in [0.717, 1.165) is 54.6 Å². The molecular formula is C38H26N10O18S5. The normalized spacial score (nSPS) is 13.4. The lowest BCUT2D eigenvalue weighted by atomic mass is 10.1. The van der Waals surface area contributed by atoms with Crippen molar-refractivity contribution in [2.75, 3.05) is 5.73 Å². The Hall–Kier alpha value is -7.99. The molecule has 33 heteroatoms. The predicted molar refractivity (Wildman–Crippen MR) is 247 cm³/mol. The summed E-state index contributed by atoms with van der Waals surface area (Å²) in [4.78, 5) is 5.91. The van der Waals surface area contributed by atoms with E-state index in [4.69, 9.17) is 5.73 Å². The van der Waals surface area contributed by atoms with Crippen LogP contribution in [0.4, 0.5) is 56.9 Å². The third kappa shape index (κ3) is 10.9. The van der Waals surface area contributed by atoms with E-state index in [1.54, 1.807) is 0 Å². The fourth-order valence-corrected chi connectivity index (χ4v) is 9.64. The van der Waals surface area contributed by atoms with Crippen molar-refractivity contribution in [3.63, 3.8) is 0 Å². The average Bonchev–Trinajstić information content (AvgIpc) is 3.28. The van der Waals surface area contributed by atoms with Crippen LogP contribution in [0.2, 0.25) is 0 Å². The molecule has 0 aromatic heterocycles. The zero-order valence-corrected chi connectivity index (χ0v) is 38.7. The van der Waals surface area contributed by atoms with E-state index in [0.29, 0.717) is 12.1 Å². The number of hydrogen-bond donors (Lipinski definition) is 8. The van der Waals surface area contributed by atoms with Crippen LogP contribution in [0.25, 0.3) is 21.5 Å². The fraction of sp³-hybridized carbons (Fsp3) is 0. The first-order chi connectivity index (χ1) is 33.1. The zero-order chi connectivity index (χ0) is 52.0. The number of anilines is 1. The van der Waals surface area contributed by atoms with E-state index in [-0.39, 0.29) is 22.7 Å². The zero-order valence-electron chi connectivity index (χ0n) is 34.6. The Balaban J connectivity index is 1.29. The minimum Gasteiger partial charge on any atom is -0.505 e. The molecule has 0 heterocycles. The largest absolute Gasteiger partial charge is 0.505 e. The molecule has 0 aliphatic rings. The van der Waals surface area contributed by atoms with Gasteiger partial charge in [0.2, 0.25) is 0 Å². The van der Waals surface area contributed by atoms with Crippen LogP contribution >= 0.6 is 0 Å². The van der Waals surface area contributed by atoms with E-state index in [9.17, 15) is 81.0 Å². The summed E-state index contributed by atoms with van der Waals surface area (Å²) in [5, 5.41) is 61.9. The Morgan fingerprint density at radius 2 is 1.07 bits per heavy atom. The third-order valence-electron chi connectivity index (χ3n) is 9.60. The summed E-state index contributed by atoms with van der Waals surface area (Å²) >= 11 is -2.82. The highest BCUT2D eigenvalue weighted by atomic mass is 32.2. The summed E-state index contributed by atoms with van der Waals surface area (Å²) in [5.74, 6) is -2.03. The Morgan fingerprint density at radius 3 is 1.66 bits per heavy atom. The fourth-order valence-electron chi connectivity index (χ4n) is 6.44. The first kappa shape index (κ1) is 50.9. The number of fused-ring (bicyclic) bond motifs is 2. The predicted octanol–water partition coefficient (Wildman–Crippen LogP) is 9.12. The molecule has 0 fully saturated rings. The second-order valence-electron chi connectivity index (χ2n) is 14.1. The van der Waals surface area contributed by atoms with Crippen molar-refractivity contribution < 1.29 is 75.8 Å². The van der Waals surface area contributed by atoms with Crippen LogP contribution in [-0.4, -0.2) is 75.8 Å². The molecule has 0 bridgehead atoms. The van der Waals surface area contributed by atoms with E-state index >= 15 is 0 Å². The van der Waals surface area contributed by atoms with Crippen molar-refractivity contribution in [3.05, 3.63) is 113 Å². The number of nitrogens with zero attached hydrogens (tertiary/aromatic N) is 9. The number of hydrogen-bond acceptors (Lipinski definition) is 22. The van der Waals surface area contributed by atoms with E-state index in [2.05, 4.69) is 40.9 Å². The van der Waals surface area contributed by atoms with Gasteiger partial charge in [-0.1, -0.05) is 12.1 Å². The molecule has 71 heavy (non-hydrogen) atoms. The number of benzene rings is 7. The van der Waals surface area contributed by atoms with Crippen molar-refractivity contribution in [2.45, 2.75) is 24.5 Å². The van der Waals surface area contributed by atoms with Crippen molar-refractivity contribution in [1.82, 2.24) is 0 Å². The molecule has 0 saturated heterocycles. The SMILES string of the molecule is Nc1c(N=Nc2ccc3c(O)c(N=Nc4ccc(N=Nc5cccc(S(=O)(=O)O)c5)cc4)c(S(=O)(=O)O)cc3c2S(=O)(=O)O)cc(S(=O)(=O)O)c2ccc(N=Nc3ccc([N+](=O)[O-])cc3S(=O)O)c(O)c12. The lowest BCUT2D eigenvalue weighted by Gasteiger charge is -2.13. The number of nitro groups is 1. The average molecular weight is 1070 g/mol. The number of nitro benzene ring substituents is 1. The minimum absolute atomic E-state index is 0.00999. The number of azo groups is 4. The van der Waals surface area contributed by atoms with E-state index in [1.807, 2.05) is 0 Å². The topological polar surface area (TPSA) is 463 Å². The smallest absolute Gasteiger partial charge is 0.297 e. The highest BCUT2D eigenvalue weighted by Gasteiger charge is 2.29. The van der Waals surface area contributed by atoms with E-state index in [1.165, 1.54) is 36.4 Å².